The fourth-order valence-electron chi connectivity index (χ4n) is 4.40. The van der Waals surface area contributed by atoms with E-state index in [1.807, 2.05) is 61.5 Å². The molecule has 35 heavy (non-hydrogen) atoms. The summed E-state index contributed by atoms with van der Waals surface area (Å²) in [7, 11) is 0. The van der Waals surface area contributed by atoms with Gasteiger partial charge in [0.1, 0.15) is 11.4 Å². The van der Waals surface area contributed by atoms with Gasteiger partial charge in [0.05, 0.1) is 12.6 Å². The van der Waals surface area contributed by atoms with Crippen molar-refractivity contribution in [2.45, 2.75) is 38.4 Å². The van der Waals surface area contributed by atoms with E-state index in [1.54, 1.807) is 19.2 Å². The maximum Gasteiger partial charge on any atom is 0.408 e. The van der Waals surface area contributed by atoms with Crippen LogP contribution in [0.3, 0.4) is 0 Å². The summed E-state index contributed by atoms with van der Waals surface area (Å²) in [4.78, 5) is 30.6. The third-order valence-corrected chi connectivity index (χ3v) is 6.40. The van der Waals surface area contributed by atoms with E-state index in [9.17, 15) is 19.1 Å². The summed E-state index contributed by atoms with van der Waals surface area (Å²) >= 11 is 0. The average molecular weight is 474 g/mol. The molecule has 4 rings (SSSR count). The number of rotatable bonds is 8. The van der Waals surface area contributed by atoms with Gasteiger partial charge in [-0.1, -0.05) is 60.7 Å². The summed E-state index contributed by atoms with van der Waals surface area (Å²) in [5.41, 5.74) is 1.60. The lowest BCUT2D eigenvalue weighted by molar-refractivity contribution is -0.132. The summed E-state index contributed by atoms with van der Waals surface area (Å²) in [5, 5.41) is 14.1. The first-order valence-electron chi connectivity index (χ1n) is 11.4. The first-order chi connectivity index (χ1) is 16.8. The van der Waals surface area contributed by atoms with Gasteiger partial charge in [0.25, 0.3) is 0 Å². The van der Waals surface area contributed by atoms with Gasteiger partial charge in [0, 0.05) is 23.5 Å². The number of fused-ring (bicyclic) bond motifs is 1. The average Bonchev–Trinajstić information content (AvgIpc) is 3.25. The van der Waals surface area contributed by atoms with Crippen molar-refractivity contribution >= 4 is 22.9 Å². The Morgan fingerprint density at radius 1 is 1.06 bits per heavy atom. The molecule has 0 fully saturated rings. The van der Waals surface area contributed by atoms with Crippen LogP contribution < -0.4 is 5.32 Å². The van der Waals surface area contributed by atoms with Crippen molar-refractivity contribution in [2.75, 3.05) is 0 Å². The largest absolute Gasteiger partial charge is 0.465 e. The molecule has 0 saturated heterocycles. The maximum atomic E-state index is 13.9. The topological polar surface area (TPSA) is 85.4 Å². The number of hydrogen-bond donors (Lipinski definition) is 3. The van der Waals surface area contributed by atoms with Gasteiger partial charge in [-0.25, -0.2) is 9.18 Å². The van der Waals surface area contributed by atoms with E-state index in [1.165, 1.54) is 18.2 Å². The molecule has 6 nitrogen and oxygen atoms in total. The van der Waals surface area contributed by atoms with Crippen LogP contribution >= 0.6 is 0 Å². The lowest BCUT2D eigenvalue weighted by Crippen LogP contribution is -2.59. The summed E-state index contributed by atoms with van der Waals surface area (Å²) in [6.07, 6.45) is 0.671. The quantitative estimate of drug-likeness (QED) is 0.308. The van der Waals surface area contributed by atoms with Crippen LogP contribution in [0.25, 0.3) is 10.9 Å². The fraction of sp³-hybridized carbons (Fsp3) is 0.214. The summed E-state index contributed by atoms with van der Waals surface area (Å²) in [5.74, 6) is -0.897. The number of hydrogen-bond acceptors (Lipinski definition) is 2. The van der Waals surface area contributed by atoms with E-state index in [0.717, 1.165) is 26.9 Å². The molecule has 3 N–H and O–H groups in total. The van der Waals surface area contributed by atoms with Gasteiger partial charge in [-0.05, 0) is 48.7 Å². The Hall–Kier alpha value is -4.13. The van der Waals surface area contributed by atoms with Gasteiger partial charge in [0.2, 0.25) is 5.91 Å². The van der Waals surface area contributed by atoms with E-state index in [0.29, 0.717) is 5.56 Å². The second-order valence-electron chi connectivity index (χ2n) is 8.91. The molecular formula is C28H28FN3O3. The van der Waals surface area contributed by atoms with Gasteiger partial charge >= 0.3 is 6.09 Å². The van der Waals surface area contributed by atoms with Crippen LogP contribution in [0, 0.1) is 5.82 Å². The molecule has 2 amide bonds. The molecular weight excluding hydrogens is 445 g/mol. The van der Waals surface area contributed by atoms with E-state index in [4.69, 9.17) is 0 Å². The van der Waals surface area contributed by atoms with Crippen LogP contribution in [0.5, 0.6) is 0 Å². The maximum absolute atomic E-state index is 13.9. The highest BCUT2D eigenvalue weighted by atomic mass is 19.1. The third-order valence-electron chi connectivity index (χ3n) is 6.40. The predicted molar refractivity (Wildman–Crippen MR) is 133 cm³/mol. The standard InChI is InChI=1S/C28H28FN3O3/c1-19(21-10-4-3-5-11-21)31-26(33)28(2,16-22-17-30-25-14-7-6-13-24(22)25)32(27(34)35)18-20-9-8-12-23(29)15-20/h3-15,17,19,30H,16,18H2,1-2H3,(H,31,33)(H,34,35)/t19-,28+/m1/s1. The van der Waals surface area contributed by atoms with E-state index >= 15 is 0 Å². The van der Waals surface area contributed by atoms with Crippen LogP contribution in [-0.2, 0) is 17.8 Å². The van der Waals surface area contributed by atoms with Gasteiger partial charge in [-0.3, -0.25) is 9.69 Å². The van der Waals surface area contributed by atoms with Crippen LogP contribution in [0.15, 0.2) is 85.1 Å². The molecule has 0 aliphatic carbocycles. The summed E-state index contributed by atoms with van der Waals surface area (Å²) in [6.45, 7) is 3.34. The number of amides is 2. The molecule has 4 aromatic rings. The molecule has 0 bridgehead atoms. The number of nitrogens with one attached hydrogen (secondary N) is 2. The minimum absolute atomic E-state index is 0.131. The zero-order chi connectivity index (χ0) is 25.0. The molecule has 0 radical (unpaired) electrons. The fourth-order valence-corrected chi connectivity index (χ4v) is 4.40. The van der Waals surface area contributed by atoms with Gasteiger partial charge in [-0.2, -0.15) is 0 Å². The highest BCUT2D eigenvalue weighted by Crippen LogP contribution is 2.29. The van der Waals surface area contributed by atoms with Crippen LogP contribution in [0.2, 0.25) is 0 Å². The van der Waals surface area contributed by atoms with E-state index < -0.39 is 23.4 Å². The Morgan fingerprint density at radius 2 is 1.77 bits per heavy atom. The lowest BCUT2D eigenvalue weighted by Gasteiger charge is -2.39. The molecule has 1 heterocycles. The Morgan fingerprint density at radius 3 is 2.49 bits per heavy atom. The van der Waals surface area contributed by atoms with Crippen molar-refractivity contribution in [3.8, 4) is 0 Å². The Kier molecular flexibility index (Phi) is 6.87. The Balaban J connectivity index is 1.73. The number of benzene rings is 3. The van der Waals surface area contributed by atoms with Gasteiger partial charge < -0.3 is 15.4 Å². The zero-order valence-electron chi connectivity index (χ0n) is 19.7. The molecule has 0 unspecified atom stereocenters. The van der Waals surface area contributed by atoms with Gasteiger partial charge in [0.15, 0.2) is 0 Å². The summed E-state index contributed by atoms with van der Waals surface area (Å²) < 4.78 is 13.9. The Labute approximate surface area is 203 Å². The number of carbonyl (C=O) groups is 2. The SMILES string of the molecule is C[C@@H](NC(=O)[C@](C)(Cc1c[nH]c2ccccc12)N(Cc1cccc(F)c1)C(=O)O)c1ccccc1. The van der Waals surface area contributed by atoms with E-state index in [2.05, 4.69) is 10.3 Å². The van der Waals surface area contributed by atoms with Crippen molar-refractivity contribution in [3.05, 3.63) is 108 Å². The number of aromatic amines is 1. The smallest absolute Gasteiger partial charge is 0.408 e. The molecule has 1 aromatic heterocycles. The second-order valence-corrected chi connectivity index (χ2v) is 8.91. The zero-order valence-corrected chi connectivity index (χ0v) is 19.7. The predicted octanol–water partition coefficient (Wildman–Crippen LogP) is 5.67. The first-order valence-corrected chi connectivity index (χ1v) is 11.4. The second kappa shape index (κ2) is 10.0. The number of nitrogens with zero attached hydrogens (tertiary/aromatic N) is 1. The number of aromatic nitrogens is 1. The molecule has 7 heteroatoms. The number of carbonyl (C=O) groups excluding carboxylic acids is 1. The van der Waals surface area contributed by atoms with Crippen LogP contribution in [-0.4, -0.2) is 32.5 Å². The molecule has 2 atom stereocenters. The number of halogens is 1. The number of para-hydroxylation sites is 1. The number of carboxylic acid groups (broad SMARTS) is 1. The van der Waals surface area contributed by atoms with Gasteiger partial charge in [-0.15, -0.1) is 0 Å². The molecule has 0 aliphatic heterocycles. The molecule has 0 saturated carbocycles. The first kappa shape index (κ1) is 24.0. The van der Waals surface area contributed by atoms with Crippen molar-refractivity contribution in [2.24, 2.45) is 0 Å². The van der Waals surface area contributed by atoms with Crippen LogP contribution in [0.4, 0.5) is 9.18 Å². The molecule has 3 aromatic carbocycles. The number of H-pyrrole nitrogens is 1. The molecule has 0 aliphatic rings. The Bertz CT molecular complexity index is 1340. The highest BCUT2D eigenvalue weighted by Gasteiger charge is 2.43. The minimum atomic E-state index is -1.48. The molecule has 0 spiro atoms. The third kappa shape index (κ3) is 5.19. The van der Waals surface area contributed by atoms with Crippen molar-refractivity contribution < 1.29 is 19.1 Å². The van der Waals surface area contributed by atoms with E-state index in [-0.39, 0.29) is 19.0 Å². The van der Waals surface area contributed by atoms with Crippen molar-refractivity contribution in [3.63, 3.8) is 0 Å². The monoisotopic (exact) mass is 473 g/mol. The van der Waals surface area contributed by atoms with Crippen molar-refractivity contribution in [1.29, 1.82) is 0 Å². The molecule has 180 valence electrons. The highest BCUT2D eigenvalue weighted by molar-refractivity contribution is 5.91. The summed E-state index contributed by atoms with van der Waals surface area (Å²) in [6, 6.07) is 22.6. The minimum Gasteiger partial charge on any atom is -0.465 e. The lowest BCUT2D eigenvalue weighted by atomic mass is 9.88. The van der Waals surface area contributed by atoms with Crippen molar-refractivity contribution in [1.82, 2.24) is 15.2 Å². The normalized spacial score (nSPS) is 13.7. The van der Waals surface area contributed by atoms with Crippen LogP contribution in [0.1, 0.15) is 36.6 Å².